The number of nitrogens with one attached hydrogen (secondary N) is 1. The third kappa shape index (κ3) is 5.46. The van der Waals surface area contributed by atoms with Crippen molar-refractivity contribution in [1.29, 1.82) is 0 Å². The molecular formula is C28H29N5O6. The van der Waals surface area contributed by atoms with E-state index >= 15 is 0 Å². The van der Waals surface area contributed by atoms with E-state index < -0.39 is 24.5 Å². The maximum atomic E-state index is 13.5. The quantitative estimate of drug-likeness (QED) is 0.325. The molecular weight excluding hydrogens is 502 g/mol. The highest BCUT2D eigenvalue weighted by molar-refractivity contribution is 6.00. The van der Waals surface area contributed by atoms with Crippen molar-refractivity contribution >= 4 is 40.2 Å². The minimum absolute atomic E-state index is 0.170. The highest BCUT2D eigenvalue weighted by Gasteiger charge is 2.35. The molecule has 2 aromatic heterocycles. The molecule has 0 radical (unpaired) electrons. The Hall–Kier alpha value is -4.32. The normalized spacial score (nSPS) is 18.8. The van der Waals surface area contributed by atoms with Crippen molar-refractivity contribution in [2.75, 3.05) is 16.8 Å². The first kappa shape index (κ1) is 26.3. The lowest BCUT2D eigenvalue weighted by Crippen LogP contribution is -2.30. The van der Waals surface area contributed by atoms with E-state index in [4.69, 9.17) is 9.47 Å². The zero-order valence-corrected chi connectivity index (χ0v) is 21.5. The van der Waals surface area contributed by atoms with Gasteiger partial charge >= 0.3 is 12.1 Å². The van der Waals surface area contributed by atoms with Crippen molar-refractivity contribution in [3.8, 4) is 6.01 Å². The Balaban J connectivity index is 1.54. The summed E-state index contributed by atoms with van der Waals surface area (Å²) in [6, 6.07) is 19.5. The molecule has 0 spiro atoms. The molecule has 3 N–H and O–H groups in total. The number of carbonyl (C=O) groups excluding carboxylic acids is 2. The summed E-state index contributed by atoms with van der Waals surface area (Å²) in [5.74, 6) is -0.431. The molecule has 2 aromatic carbocycles. The van der Waals surface area contributed by atoms with Gasteiger partial charge in [-0.3, -0.25) is 4.79 Å². The van der Waals surface area contributed by atoms with Gasteiger partial charge in [-0.15, -0.1) is 0 Å². The van der Waals surface area contributed by atoms with Crippen LogP contribution in [0, 0.1) is 5.92 Å². The first-order chi connectivity index (χ1) is 18.9. The maximum absolute atomic E-state index is 13.5. The molecule has 202 valence electrons. The van der Waals surface area contributed by atoms with Gasteiger partial charge in [0.1, 0.15) is 18.1 Å². The number of aliphatic hydroxyl groups excluding tert-OH is 2. The molecule has 5 rings (SSSR count). The zero-order chi connectivity index (χ0) is 27.5. The highest BCUT2D eigenvalue weighted by Crippen LogP contribution is 2.34. The summed E-state index contributed by atoms with van der Waals surface area (Å²) >= 11 is 0. The molecule has 1 saturated heterocycles. The van der Waals surface area contributed by atoms with Gasteiger partial charge in [0.15, 0.2) is 5.65 Å². The van der Waals surface area contributed by atoms with Crippen LogP contribution >= 0.6 is 0 Å². The van der Waals surface area contributed by atoms with Crippen LogP contribution in [-0.2, 0) is 9.53 Å². The zero-order valence-electron chi connectivity index (χ0n) is 21.5. The number of amides is 2. The molecule has 3 atom stereocenters. The lowest BCUT2D eigenvalue weighted by molar-refractivity contribution is -0.118. The van der Waals surface area contributed by atoms with Crippen LogP contribution in [-0.4, -0.2) is 55.6 Å². The third-order valence-corrected chi connectivity index (χ3v) is 6.40. The Morgan fingerprint density at radius 2 is 1.72 bits per heavy atom. The predicted octanol–water partition coefficient (Wildman–Crippen LogP) is 4.00. The van der Waals surface area contributed by atoms with Gasteiger partial charge in [-0.05, 0) is 30.3 Å². The van der Waals surface area contributed by atoms with Crippen LogP contribution in [0.3, 0.4) is 0 Å². The van der Waals surface area contributed by atoms with Crippen LogP contribution < -0.4 is 15.0 Å². The van der Waals surface area contributed by atoms with E-state index in [0.717, 1.165) is 0 Å². The molecule has 0 aliphatic carbocycles. The van der Waals surface area contributed by atoms with Gasteiger partial charge in [-0.1, -0.05) is 50.2 Å². The number of anilines is 3. The summed E-state index contributed by atoms with van der Waals surface area (Å²) in [4.78, 5) is 36.4. The number of hydrogen-bond donors (Lipinski definition) is 3. The second-order valence-electron chi connectivity index (χ2n) is 9.45. The van der Waals surface area contributed by atoms with Gasteiger partial charge in [-0.2, -0.15) is 9.97 Å². The second-order valence-corrected chi connectivity index (χ2v) is 9.45. The molecule has 0 unspecified atom stereocenters. The minimum atomic E-state index is -0.859. The fourth-order valence-electron chi connectivity index (χ4n) is 4.34. The molecule has 1 fully saturated rings. The Labute approximate surface area is 224 Å². The Morgan fingerprint density at radius 1 is 1.08 bits per heavy atom. The number of nitrogens with zero attached hydrogens (tertiary/aromatic N) is 4. The van der Waals surface area contributed by atoms with Crippen molar-refractivity contribution in [3.63, 3.8) is 0 Å². The average molecular weight is 532 g/mol. The highest BCUT2D eigenvalue weighted by atomic mass is 16.6. The molecule has 11 heteroatoms. The minimum Gasteiger partial charge on any atom is -0.394 e. The fourth-order valence-corrected chi connectivity index (χ4v) is 4.34. The van der Waals surface area contributed by atoms with E-state index in [9.17, 15) is 19.8 Å². The van der Waals surface area contributed by atoms with Crippen LogP contribution in [0.5, 0.6) is 6.01 Å². The first-order valence-electron chi connectivity index (χ1n) is 12.6. The number of para-hydroxylation sites is 2. The molecule has 3 heterocycles. The molecule has 0 saturated carbocycles. The maximum Gasteiger partial charge on any atom is 0.426 e. The lowest BCUT2D eigenvalue weighted by atomic mass is 10.2. The molecule has 1 aliphatic heterocycles. The summed E-state index contributed by atoms with van der Waals surface area (Å²) in [6.07, 6.45) is -1.07. The number of rotatable bonds is 7. The summed E-state index contributed by atoms with van der Waals surface area (Å²) in [5, 5.41) is 23.0. The number of aromatic nitrogens is 3. The molecule has 39 heavy (non-hydrogen) atoms. The predicted molar refractivity (Wildman–Crippen MR) is 144 cm³/mol. The smallest absolute Gasteiger partial charge is 0.394 e. The molecule has 11 nitrogen and oxygen atoms in total. The van der Waals surface area contributed by atoms with E-state index in [1.807, 2.05) is 36.4 Å². The van der Waals surface area contributed by atoms with E-state index in [2.05, 4.69) is 15.3 Å². The Morgan fingerprint density at radius 3 is 2.28 bits per heavy atom. The Kier molecular flexibility index (Phi) is 7.55. The SMILES string of the molecule is CC(C)C(=O)Nc1nc(OC(=O)N(c2ccccc2)c2ccccc2)nc2c1ccn2[C@H]1C[C@H](O)[C@@H](CO)O1. The topological polar surface area (TPSA) is 139 Å². The van der Waals surface area contributed by atoms with Crippen LogP contribution in [0.4, 0.5) is 22.0 Å². The third-order valence-electron chi connectivity index (χ3n) is 6.40. The molecule has 2 amide bonds. The molecule has 0 bridgehead atoms. The Bertz CT molecular complexity index is 1420. The summed E-state index contributed by atoms with van der Waals surface area (Å²) in [5.41, 5.74) is 1.48. The van der Waals surface area contributed by atoms with Crippen molar-refractivity contribution in [2.24, 2.45) is 5.92 Å². The average Bonchev–Trinajstić information content (AvgIpc) is 3.53. The number of ether oxygens (including phenoxy) is 2. The van der Waals surface area contributed by atoms with Crippen LogP contribution in [0.2, 0.25) is 0 Å². The lowest BCUT2D eigenvalue weighted by Gasteiger charge is -2.22. The largest absolute Gasteiger partial charge is 0.426 e. The fraction of sp³-hybridized carbons (Fsp3) is 0.286. The van der Waals surface area contributed by atoms with Crippen molar-refractivity contribution in [2.45, 2.75) is 38.7 Å². The van der Waals surface area contributed by atoms with Crippen molar-refractivity contribution < 1.29 is 29.3 Å². The van der Waals surface area contributed by atoms with Gasteiger partial charge in [0.2, 0.25) is 5.91 Å². The van der Waals surface area contributed by atoms with Crippen molar-refractivity contribution in [3.05, 3.63) is 72.9 Å². The number of carbonyl (C=O) groups is 2. The van der Waals surface area contributed by atoms with Crippen LogP contribution in [0.15, 0.2) is 72.9 Å². The van der Waals surface area contributed by atoms with Gasteiger partial charge in [0.25, 0.3) is 0 Å². The second kappa shape index (κ2) is 11.2. The van der Waals surface area contributed by atoms with Gasteiger partial charge in [-0.25, -0.2) is 9.69 Å². The van der Waals surface area contributed by atoms with Crippen LogP contribution in [0.1, 0.15) is 26.5 Å². The van der Waals surface area contributed by atoms with E-state index in [0.29, 0.717) is 22.4 Å². The monoisotopic (exact) mass is 531 g/mol. The van der Waals surface area contributed by atoms with Crippen LogP contribution in [0.25, 0.3) is 11.0 Å². The number of benzene rings is 2. The van der Waals surface area contributed by atoms with Gasteiger partial charge < -0.3 is 29.6 Å². The summed E-state index contributed by atoms with van der Waals surface area (Å²) < 4.78 is 13.2. The molecule has 1 aliphatic rings. The van der Waals surface area contributed by atoms with E-state index in [-0.39, 0.29) is 36.7 Å². The summed E-state index contributed by atoms with van der Waals surface area (Å²) in [7, 11) is 0. The standard InChI is InChI=1S/C28H29N5O6/c1-17(2)26(36)29-24-20-13-14-32(23-15-21(35)22(16-34)38-23)25(20)31-27(30-24)39-28(37)33(18-9-5-3-6-10-18)19-11-7-4-8-12-19/h3-14,17,21-23,34-35H,15-16H2,1-2H3,(H,29,30,31,36)/t21-,22+,23+/m0/s1. The molecule has 4 aromatic rings. The number of hydrogen-bond acceptors (Lipinski definition) is 8. The first-order valence-corrected chi connectivity index (χ1v) is 12.6. The number of aliphatic hydroxyl groups is 2. The summed E-state index contributed by atoms with van der Waals surface area (Å²) in [6.45, 7) is 3.17. The van der Waals surface area contributed by atoms with Gasteiger partial charge in [0, 0.05) is 18.5 Å². The van der Waals surface area contributed by atoms with Crippen molar-refractivity contribution in [1.82, 2.24) is 14.5 Å². The van der Waals surface area contributed by atoms with E-state index in [1.165, 1.54) is 4.90 Å². The number of fused-ring (bicyclic) bond motifs is 1. The van der Waals surface area contributed by atoms with Gasteiger partial charge in [0.05, 0.1) is 29.5 Å². The van der Waals surface area contributed by atoms with E-state index in [1.54, 1.807) is 54.9 Å².